The third kappa shape index (κ3) is 6.16. The monoisotopic (exact) mass is 382 g/mol. The van der Waals surface area contributed by atoms with Gasteiger partial charge in [0, 0.05) is 34.9 Å². The minimum Gasteiger partial charge on any atom is -0.330 e. The summed E-state index contributed by atoms with van der Waals surface area (Å²) < 4.78 is -1.70. The summed E-state index contributed by atoms with van der Waals surface area (Å²) in [6, 6.07) is 4.23. The summed E-state index contributed by atoms with van der Waals surface area (Å²) in [5.74, 6) is 0.737. The zero-order valence-corrected chi connectivity index (χ0v) is 14.1. The van der Waals surface area contributed by atoms with E-state index in [2.05, 4.69) is 0 Å². The lowest BCUT2D eigenvalue weighted by molar-refractivity contribution is -0.385. The first-order valence-electron chi connectivity index (χ1n) is 4.71. The van der Waals surface area contributed by atoms with E-state index in [0.717, 1.165) is 5.75 Å². The number of halogens is 4. The highest BCUT2D eigenvalue weighted by molar-refractivity contribution is 8.76. The molecule has 19 heavy (non-hydrogen) atoms. The largest absolute Gasteiger partial charge is 0.330 e. The molecule has 0 fully saturated rings. The van der Waals surface area contributed by atoms with Gasteiger partial charge in [-0.2, -0.15) is 0 Å². The van der Waals surface area contributed by atoms with Crippen molar-refractivity contribution in [1.82, 2.24) is 0 Å². The number of nitrogens with zero attached hydrogens (tertiary/aromatic N) is 1. The average Bonchev–Trinajstić information content (AvgIpc) is 2.28. The van der Waals surface area contributed by atoms with E-state index < -0.39 is 8.72 Å². The summed E-state index contributed by atoms with van der Waals surface area (Å²) in [4.78, 5) is 10.9. The molecular formula is C9H10Cl4N2O2S2. The van der Waals surface area contributed by atoms with Gasteiger partial charge in [0.2, 0.25) is 3.79 Å². The van der Waals surface area contributed by atoms with Crippen molar-refractivity contribution in [2.24, 2.45) is 5.73 Å². The molecule has 0 radical (unpaired) electrons. The molecule has 0 spiro atoms. The van der Waals surface area contributed by atoms with E-state index in [1.165, 1.54) is 33.7 Å². The second-order valence-corrected chi connectivity index (χ2v) is 7.87. The predicted molar refractivity (Wildman–Crippen MR) is 87.0 cm³/mol. The first-order chi connectivity index (χ1) is 8.36. The van der Waals surface area contributed by atoms with Crippen LogP contribution in [0, 0.1) is 10.1 Å². The molecule has 0 aliphatic rings. The molecule has 4 nitrogen and oxygen atoms in total. The number of rotatable bonds is 5. The average molecular weight is 384 g/mol. The standard InChI is InChI=1S/C9H9Cl3N2O2S2.ClH/c10-9(11,12)7-5-6(14(15)16)1-2-8(7)18-17-4-3-13;/h1-2,5H,3-4,13H2;1H. The number of non-ortho nitro benzene ring substituents is 1. The van der Waals surface area contributed by atoms with Gasteiger partial charge < -0.3 is 5.73 Å². The Morgan fingerprint density at radius 3 is 2.47 bits per heavy atom. The number of nitrogens with two attached hydrogens (primary N) is 1. The van der Waals surface area contributed by atoms with E-state index >= 15 is 0 Å². The maximum atomic E-state index is 10.7. The van der Waals surface area contributed by atoms with Crippen molar-refractivity contribution in [3.63, 3.8) is 0 Å². The fourth-order valence-corrected chi connectivity index (χ4v) is 3.80. The van der Waals surface area contributed by atoms with Crippen LogP contribution in [-0.2, 0) is 3.79 Å². The SMILES string of the molecule is Cl.NCCSSc1ccc([N+](=O)[O-])cc1C(Cl)(Cl)Cl. The number of alkyl halides is 3. The Morgan fingerprint density at radius 1 is 1.37 bits per heavy atom. The molecule has 1 aromatic carbocycles. The van der Waals surface area contributed by atoms with Gasteiger partial charge in [-0.1, -0.05) is 56.4 Å². The molecule has 0 bridgehead atoms. The lowest BCUT2D eigenvalue weighted by atomic mass is 10.2. The van der Waals surface area contributed by atoms with Crippen molar-refractivity contribution in [3.8, 4) is 0 Å². The summed E-state index contributed by atoms with van der Waals surface area (Å²) in [6.07, 6.45) is 0. The van der Waals surface area contributed by atoms with Gasteiger partial charge in [0.15, 0.2) is 0 Å². The Labute approximate surface area is 139 Å². The molecule has 0 amide bonds. The van der Waals surface area contributed by atoms with E-state index in [-0.39, 0.29) is 18.1 Å². The molecule has 108 valence electrons. The Hall–Kier alpha value is 0.440. The van der Waals surface area contributed by atoms with E-state index in [9.17, 15) is 10.1 Å². The molecule has 0 aromatic heterocycles. The van der Waals surface area contributed by atoms with Gasteiger partial charge in [0.1, 0.15) is 0 Å². The Morgan fingerprint density at radius 2 is 2.00 bits per heavy atom. The molecule has 0 heterocycles. The van der Waals surface area contributed by atoms with Gasteiger partial charge in [-0.05, 0) is 6.07 Å². The highest BCUT2D eigenvalue weighted by Crippen LogP contribution is 2.46. The molecule has 1 rings (SSSR count). The van der Waals surface area contributed by atoms with Crippen LogP contribution in [0.3, 0.4) is 0 Å². The van der Waals surface area contributed by atoms with Crippen LogP contribution in [-0.4, -0.2) is 17.2 Å². The van der Waals surface area contributed by atoms with Gasteiger partial charge >= 0.3 is 0 Å². The van der Waals surface area contributed by atoms with Gasteiger partial charge in [0.25, 0.3) is 5.69 Å². The maximum Gasteiger partial charge on any atom is 0.269 e. The smallest absolute Gasteiger partial charge is 0.269 e. The minimum atomic E-state index is -1.70. The molecule has 1 aromatic rings. The first-order valence-corrected chi connectivity index (χ1v) is 8.16. The zero-order chi connectivity index (χ0) is 13.8. The third-order valence-corrected chi connectivity index (χ3v) is 4.89. The van der Waals surface area contributed by atoms with Gasteiger partial charge in [-0.25, -0.2) is 0 Å². The fourth-order valence-electron chi connectivity index (χ4n) is 1.08. The van der Waals surface area contributed by atoms with Crippen LogP contribution in [0.1, 0.15) is 5.56 Å². The van der Waals surface area contributed by atoms with Crippen LogP contribution in [0.25, 0.3) is 0 Å². The number of hydrogen-bond acceptors (Lipinski definition) is 5. The second kappa shape index (κ2) is 8.67. The molecule has 0 unspecified atom stereocenters. The van der Waals surface area contributed by atoms with Gasteiger partial charge in [-0.15, -0.1) is 12.4 Å². The molecular weight excluding hydrogens is 374 g/mol. The molecule has 10 heteroatoms. The van der Waals surface area contributed by atoms with Crippen LogP contribution in [0.5, 0.6) is 0 Å². The normalized spacial score (nSPS) is 10.9. The molecule has 2 N–H and O–H groups in total. The van der Waals surface area contributed by atoms with Crippen molar-refractivity contribution < 1.29 is 4.92 Å². The summed E-state index contributed by atoms with van der Waals surface area (Å²) >= 11 is 17.4. The molecule has 0 atom stereocenters. The van der Waals surface area contributed by atoms with Crippen molar-refractivity contribution in [3.05, 3.63) is 33.9 Å². The van der Waals surface area contributed by atoms with Crippen LogP contribution in [0.4, 0.5) is 5.69 Å². The van der Waals surface area contributed by atoms with E-state index in [1.807, 2.05) is 0 Å². The van der Waals surface area contributed by atoms with Crippen LogP contribution in [0.2, 0.25) is 0 Å². The van der Waals surface area contributed by atoms with E-state index in [1.54, 1.807) is 6.07 Å². The minimum absolute atomic E-state index is 0. The molecule has 0 aliphatic heterocycles. The number of nitro groups is 1. The Kier molecular flexibility index (Phi) is 8.87. The Bertz CT molecular complexity index is 443. The van der Waals surface area contributed by atoms with Gasteiger partial charge in [-0.3, -0.25) is 10.1 Å². The molecule has 0 aliphatic carbocycles. The number of hydrogen-bond donors (Lipinski definition) is 1. The van der Waals surface area contributed by atoms with Crippen molar-refractivity contribution in [2.45, 2.75) is 8.69 Å². The number of benzene rings is 1. The zero-order valence-electron chi connectivity index (χ0n) is 9.35. The summed E-state index contributed by atoms with van der Waals surface area (Å²) in [5, 5.41) is 10.7. The lowest BCUT2D eigenvalue weighted by Gasteiger charge is -2.15. The lowest BCUT2D eigenvalue weighted by Crippen LogP contribution is -2.04. The van der Waals surface area contributed by atoms with Crippen molar-refractivity contribution in [2.75, 3.05) is 12.3 Å². The van der Waals surface area contributed by atoms with Crippen LogP contribution in [0.15, 0.2) is 23.1 Å². The maximum absolute atomic E-state index is 10.7. The number of nitro benzene ring substituents is 1. The quantitative estimate of drug-likeness (QED) is 0.265. The summed E-state index contributed by atoms with van der Waals surface area (Å²) in [5.41, 5.74) is 5.57. The highest BCUT2D eigenvalue weighted by Gasteiger charge is 2.28. The fraction of sp³-hybridized carbons (Fsp3) is 0.333. The molecule has 0 saturated heterocycles. The van der Waals surface area contributed by atoms with Gasteiger partial charge in [0.05, 0.1) is 4.92 Å². The van der Waals surface area contributed by atoms with Crippen molar-refractivity contribution >= 4 is 74.5 Å². The summed E-state index contributed by atoms with van der Waals surface area (Å²) in [6.45, 7) is 0.535. The van der Waals surface area contributed by atoms with Crippen LogP contribution >= 0.6 is 68.8 Å². The van der Waals surface area contributed by atoms with Crippen molar-refractivity contribution in [1.29, 1.82) is 0 Å². The topological polar surface area (TPSA) is 69.2 Å². The van der Waals surface area contributed by atoms with E-state index in [4.69, 9.17) is 40.5 Å². The third-order valence-electron chi connectivity index (χ3n) is 1.83. The highest BCUT2D eigenvalue weighted by atomic mass is 35.6. The molecule has 0 saturated carbocycles. The summed E-state index contributed by atoms with van der Waals surface area (Å²) in [7, 11) is 2.88. The second-order valence-electron chi connectivity index (χ2n) is 3.13. The Balaban J connectivity index is 0.00000324. The van der Waals surface area contributed by atoms with Crippen LogP contribution < -0.4 is 5.73 Å². The first kappa shape index (κ1) is 19.4. The van der Waals surface area contributed by atoms with E-state index in [0.29, 0.717) is 17.0 Å². The predicted octanol–water partition coefficient (Wildman–Crippen LogP) is 4.54.